The van der Waals surface area contributed by atoms with Crippen LogP contribution in [0.4, 0.5) is 11.4 Å². The molecule has 144 valence electrons. The molecule has 27 heavy (non-hydrogen) atoms. The molecule has 3 rings (SSSR count). The number of hydrogen-bond donors (Lipinski definition) is 1. The molecule has 1 amide bonds. The number of ether oxygens (including phenoxy) is 2. The topological polar surface area (TPSA) is 97.8 Å². The van der Waals surface area contributed by atoms with Crippen molar-refractivity contribution in [2.75, 3.05) is 30.4 Å². The minimum Gasteiger partial charge on any atom is -0.494 e. The molecule has 0 spiro atoms. The first kappa shape index (κ1) is 19.2. The number of benzene rings is 1. The van der Waals surface area contributed by atoms with Gasteiger partial charge >= 0.3 is 0 Å². The number of amides is 1. The highest BCUT2D eigenvalue weighted by molar-refractivity contribution is 7.92. The van der Waals surface area contributed by atoms with E-state index in [0.717, 1.165) is 12.6 Å². The molecular formula is C17H18ClN3O5S. The summed E-state index contributed by atoms with van der Waals surface area (Å²) in [5.74, 6) is 0.568. The van der Waals surface area contributed by atoms with Crippen LogP contribution in [0.2, 0.25) is 5.15 Å². The second-order valence-corrected chi connectivity index (χ2v) is 7.85. The molecule has 1 aromatic heterocycles. The molecule has 1 aliphatic heterocycles. The summed E-state index contributed by atoms with van der Waals surface area (Å²) in [6, 6.07) is 6.04. The predicted octanol–water partition coefficient (Wildman–Crippen LogP) is 2.68. The van der Waals surface area contributed by atoms with Crippen molar-refractivity contribution in [3.05, 3.63) is 35.6 Å². The van der Waals surface area contributed by atoms with E-state index >= 15 is 0 Å². The minimum atomic E-state index is -3.92. The zero-order valence-corrected chi connectivity index (χ0v) is 16.3. The lowest BCUT2D eigenvalue weighted by Crippen LogP contribution is -2.24. The van der Waals surface area contributed by atoms with E-state index in [2.05, 4.69) is 9.71 Å². The first-order chi connectivity index (χ1) is 12.9. The van der Waals surface area contributed by atoms with Crippen molar-refractivity contribution in [1.29, 1.82) is 0 Å². The van der Waals surface area contributed by atoms with Gasteiger partial charge in [0.2, 0.25) is 5.91 Å². The van der Waals surface area contributed by atoms with Gasteiger partial charge in [0.1, 0.15) is 10.6 Å². The summed E-state index contributed by atoms with van der Waals surface area (Å²) in [7, 11) is -1.08. The zero-order valence-electron chi connectivity index (χ0n) is 14.7. The Bertz CT molecular complexity index is 981. The number of sulfonamides is 1. The summed E-state index contributed by atoms with van der Waals surface area (Å²) < 4.78 is 38.0. The summed E-state index contributed by atoms with van der Waals surface area (Å²) in [5.41, 5.74) is 0.897. The molecule has 0 aliphatic carbocycles. The molecule has 0 radical (unpaired) electrons. The third kappa shape index (κ3) is 3.93. The van der Waals surface area contributed by atoms with Crippen molar-refractivity contribution in [2.45, 2.75) is 17.7 Å². The third-order valence-electron chi connectivity index (χ3n) is 4.11. The van der Waals surface area contributed by atoms with Gasteiger partial charge in [-0.2, -0.15) is 0 Å². The van der Waals surface area contributed by atoms with E-state index in [9.17, 15) is 13.2 Å². The average molecular weight is 412 g/mol. The molecule has 0 unspecified atom stereocenters. The van der Waals surface area contributed by atoms with Crippen molar-refractivity contribution in [1.82, 2.24) is 4.98 Å². The molecule has 1 fully saturated rings. The summed E-state index contributed by atoms with van der Waals surface area (Å²) >= 11 is 5.84. The number of rotatable bonds is 6. The van der Waals surface area contributed by atoms with Crippen LogP contribution in [0.25, 0.3) is 0 Å². The fourth-order valence-corrected chi connectivity index (χ4v) is 3.97. The van der Waals surface area contributed by atoms with Crippen molar-refractivity contribution in [3.63, 3.8) is 0 Å². The number of anilines is 2. The lowest BCUT2D eigenvalue weighted by molar-refractivity contribution is -0.117. The number of halogens is 1. The number of methoxy groups -OCH3 is 2. The number of nitrogens with one attached hydrogen (secondary N) is 1. The second kappa shape index (κ2) is 7.61. The molecule has 1 saturated heterocycles. The SMILES string of the molecule is COc1cc(NS(=O)(=O)c2cnc(Cl)c(OC)c2)ccc1N1CCCC1=O. The average Bonchev–Trinajstić information content (AvgIpc) is 3.07. The Hall–Kier alpha value is -2.52. The van der Waals surface area contributed by atoms with Crippen molar-refractivity contribution in [3.8, 4) is 11.5 Å². The van der Waals surface area contributed by atoms with E-state index in [1.807, 2.05) is 0 Å². The van der Waals surface area contributed by atoms with E-state index in [1.54, 1.807) is 17.0 Å². The Balaban J connectivity index is 1.89. The Labute approximate surface area is 162 Å². The number of carbonyl (C=O) groups is 1. The van der Waals surface area contributed by atoms with Gasteiger partial charge in [0.05, 0.1) is 25.6 Å². The van der Waals surface area contributed by atoms with Gasteiger partial charge in [-0.25, -0.2) is 13.4 Å². The van der Waals surface area contributed by atoms with Crippen LogP contribution in [0, 0.1) is 0 Å². The molecule has 0 saturated carbocycles. The van der Waals surface area contributed by atoms with E-state index in [1.165, 1.54) is 26.4 Å². The third-order valence-corrected chi connectivity index (χ3v) is 5.74. The molecule has 2 aromatic rings. The van der Waals surface area contributed by atoms with Crippen LogP contribution in [0.3, 0.4) is 0 Å². The van der Waals surface area contributed by atoms with E-state index in [-0.39, 0.29) is 27.4 Å². The van der Waals surface area contributed by atoms with Crippen LogP contribution >= 0.6 is 11.6 Å². The fourth-order valence-electron chi connectivity index (χ4n) is 2.78. The quantitative estimate of drug-likeness (QED) is 0.734. The van der Waals surface area contributed by atoms with Gasteiger partial charge in [0.25, 0.3) is 10.0 Å². The lowest BCUT2D eigenvalue weighted by atomic mass is 10.2. The normalized spacial score (nSPS) is 14.3. The molecule has 0 bridgehead atoms. The van der Waals surface area contributed by atoms with Crippen LogP contribution < -0.4 is 19.1 Å². The van der Waals surface area contributed by atoms with Gasteiger partial charge in [0.15, 0.2) is 10.9 Å². The Kier molecular flexibility index (Phi) is 5.43. The van der Waals surface area contributed by atoms with Crippen LogP contribution in [-0.2, 0) is 14.8 Å². The van der Waals surface area contributed by atoms with Gasteiger partial charge in [-0.1, -0.05) is 11.6 Å². The summed E-state index contributed by atoms with van der Waals surface area (Å²) in [6.45, 7) is 0.608. The number of hydrogen-bond acceptors (Lipinski definition) is 6. The highest BCUT2D eigenvalue weighted by Gasteiger charge is 2.25. The van der Waals surface area contributed by atoms with Crippen LogP contribution in [0.5, 0.6) is 11.5 Å². The zero-order chi connectivity index (χ0) is 19.6. The Morgan fingerprint density at radius 3 is 2.56 bits per heavy atom. The maximum absolute atomic E-state index is 12.6. The molecular weight excluding hydrogens is 394 g/mol. The number of aromatic nitrogens is 1. The molecule has 1 aromatic carbocycles. The van der Waals surface area contributed by atoms with Crippen molar-refractivity contribution in [2.24, 2.45) is 0 Å². The largest absolute Gasteiger partial charge is 0.494 e. The Morgan fingerprint density at radius 1 is 1.19 bits per heavy atom. The van der Waals surface area contributed by atoms with Gasteiger partial charge in [0, 0.05) is 31.3 Å². The smallest absolute Gasteiger partial charge is 0.263 e. The fraction of sp³-hybridized carbons (Fsp3) is 0.294. The Morgan fingerprint density at radius 2 is 1.93 bits per heavy atom. The standard InChI is InChI=1S/C17H18ClN3O5S/c1-25-14-8-11(5-6-13(14)21-7-3-4-16(21)22)20-27(23,24)12-9-15(26-2)17(18)19-10-12/h5-6,8-10,20H,3-4,7H2,1-2H3. The predicted molar refractivity (Wildman–Crippen MR) is 101 cm³/mol. The van der Waals surface area contributed by atoms with Gasteiger partial charge in [-0.05, 0) is 18.6 Å². The molecule has 2 heterocycles. The van der Waals surface area contributed by atoms with E-state index < -0.39 is 10.0 Å². The van der Waals surface area contributed by atoms with Crippen LogP contribution in [0.15, 0.2) is 35.4 Å². The van der Waals surface area contributed by atoms with Gasteiger partial charge < -0.3 is 14.4 Å². The molecule has 1 N–H and O–H groups in total. The summed E-state index contributed by atoms with van der Waals surface area (Å²) in [4.78, 5) is 17.3. The van der Waals surface area contributed by atoms with Gasteiger partial charge in [-0.3, -0.25) is 9.52 Å². The molecule has 10 heteroatoms. The first-order valence-corrected chi connectivity index (χ1v) is 9.92. The maximum Gasteiger partial charge on any atom is 0.263 e. The van der Waals surface area contributed by atoms with Crippen LogP contribution in [-0.4, -0.2) is 40.1 Å². The van der Waals surface area contributed by atoms with Crippen LogP contribution in [0.1, 0.15) is 12.8 Å². The highest BCUT2D eigenvalue weighted by Crippen LogP contribution is 2.34. The van der Waals surface area contributed by atoms with Crippen molar-refractivity contribution < 1.29 is 22.7 Å². The molecule has 1 aliphatic rings. The number of pyridine rings is 1. The second-order valence-electron chi connectivity index (χ2n) is 5.81. The highest BCUT2D eigenvalue weighted by atomic mass is 35.5. The summed E-state index contributed by atoms with van der Waals surface area (Å²) in [5, 5.41) is 0.0674. The lowest BCUT2D eigenvalue weighted by Gasteiger charge is -2.20. The first-order valence-electron chi connectivity index (χ1n) is 8.06. The molecule has 0 atom stereocenters. The number of carbonyl (C=O) groups excluding carboxylic acids is 1. The summed E-state index contributed by atoms with van der Waals surface area (Å²) in [6.07, 6.45) is 2.41. The van der Waals surface area contributed by atoms with E-state index in [4.69, 9.17) is 21.1 Å². The molecule has 8 nitrogen and oxygen atoms in total. The monoisotopic (exact) mass is 411 g/mol. The minimum absolute atomic E-state index is 0.0148. The van der Waals surface area contributed by atoms with Crippen molar-refractivity contribution >= 4 is 38.9 Å². The maximum atomic E-state index is 12.6. The number of nitrogens with zero attached hydrogens (tertiary/aromatic N) is 2. The van der Waals surface area contributed by atoms with Gasteiger partial charge in [-0.15, -0.1) is 0 Å². The van der Waals surface area contributed by atoms with E-state index in [0.29, 0.717) is 24.4 Å².